The Hall–Kier alpha value is -2.51. The fraction of sp³-hybridized carbons (Fsp3) is 0.263. The van der Waals surface area contributed by atoms with Crippen LogP contribution in [-0.2, 0) is 14.8 Å². The van der Waals surface area contributed by atoms with Gasteiger partial charge in [-0.3, -0.25) is 9.59 Å². The molecule has 6 nitrogen and oxygen atoms in total. The summed E-state index contributed by atoms with van der Waals surface area (Å²) in [6, 6.07) is 9.78. The second-order valence-electron chi connectivity index (χ2n) is 6.24. The highest BCUT2D eigenvalue weighted by Gasteiger charge is 2.25. The standard InChI is InChI=1S/C19H22N2O4S/c1-13-9-14(2)19(15(3)10-13)20-18(23)11-21(4)26(24,25)17-8-6-5-7-16(17)12-22/h5-10,12H,11H2,1-4H3,(H,20,23). The molecule has 0 aliphatic rings. The molecule has 0 aliphatic heterocycles. The van der Waals surface area contributed by atoms with Gasteiger partial charge in [-0.1, -0.05) is 35.9 Å². The van der Waals surface area contributed by atoms with E-state index in [4.69, 9.17) is 0 Å². The number of aldehydes is 1. The topological polar surface area (TPSA) is 83.6 Å². The second kappa shape index (κ2) is 7.80. The van der Waals surface area contributed by atoms with Crippen LogP contribution < -0.4 is 5.32 Å². The van der Waals surface area contributed by atoms with Crippen molar-refractivity contribution < 1.29 is 18.0 Å². The Balaban J connectivity index is 2.20. The number of nitrogens with zero attached hydrogens (tertiary/aromatic N) is 1. The molecular weight excluding hydrogens is 352 g/mol. The van der Waals surface area contributed by atoms with Crippen LogP contribution in [-0.4, -0.2) is 38.5 Å². The Morgan fingerprint density at radius 3 is 2.27 bits per heavy atom. The number of carbonyl (C=O) groups is 2. The predicted octanol–water partition coefficient (Wildman–Crippen LogP) is 2.68. The van der Waals surface area contributed by atoms with Gasteiger partial charge in [0.25, 0.3) is 0 Å². The molecule has 0 saturated carbocycles. The quantitative estimate of drug-likeness (QED) is 0.788. The first-order valence-corrected chi connectivity index (χ1v) is 9.49. The van der Waals surface area contributed by atoms with E-state index in [0.29, 0.717) is 12.0 Å². The molecule has 0 aromatic heterocycles. The molecule has 138 valence electrons. The number of nitrogens with one attached hydrogen (secondary N) is 1. The lowest BCUT2D eigenvalue weighted by molar-refractivity contribution is -0.116. The number of amides is 1. The third kappa shape index (κ3) is 4.17. The first-order chi connectivity index (χ1) is 12.2. The van der Waals surface area contributed by atoms with Crippen molar-refractivity contribution in [1.29, 1.82) is 0 Å². The van der Waals surface area contributed by atoms with Gasteiger partial charge >= 0.3 is 0 Å². The fourth-order valence-electron chi connectivity index (χ4n) is 2.82. The first-order valence-electron chi connectivity index (χ1n) is 8.05. The van der Waals surface area contributed by atoms with Crippen LogP contribution in [0.3, 0.4) is 0 Å². The summed E-state index contributed by atoms with van der Waals surface area (Å²) < 4.78 is 26.3. The molecule has 0 radical (unpaired) electrons. The fourth-order valence-corrected chi connectivity index (χ4v) is 4.11. The van der Waals surface area contributed by atoms with E-state index in [1.54, 1.807) is 6.07 Å². The number of sulfonamides is 1. The van der Waals surface area contributed by atoms with Gasteiger partial charge in [-0.15, -0.1) is 0 Å². The van der Waals surface area contributed by atoms with E-state index in [9.17, 15) is 18.0 Å². The van der Waals surface area contributed by atoms with Crippen molar-refractivity contribution in [1.82, 2.24) is 4.31 Å². The molecule has 0 atom stereocenters. The molecule has 0 saturated heterocycles. The minimum atomic E-state index is -3.95. The van der Waals surface area contributed by atoms with Crippen molar-refractivity contribution in [3.63, 3.8) is 0 Å². The van der Waals surface area contributed by atoms with E-state index in [-0.39, 0.29) is 17.0 Å². The SMILES string of the molecule is Cc1cc(C)c(NC(=O)CN(C)S(=O)(=O)c2ccccc2C=O)c(C)c1. The molecule has 1 N–H and O–H groups in total. The zero-order valence-electron chi connectivity index (χ0n) is 15.2. The highest BCUT2D eigenvalue weighted by Crippen LogP contribution is 2.22. The molecule has 2 rings (SSSR count). The smallest absolute Gasteiger partial charge is 0.244 e. The van der Waals surface area contributed by atoms with E-state index in [0.717, 1.165) is 21.0 Å². The molecule has 2 aromatic rings. The van der Waals surface area contributed by atoms with Gasteiger partial charge in [0.05, 0.1) is 11.4 Å². The predicted molar refractivity (Wildman–Crippen MR) is 101 cm³/mol. The van der Waals surface area contributed by atoms with Crippen LogP contribution in [0.4, 0.5) is 5.69 Å². The van der Waals surface area contributed by atoms with Crippen molar-refractivity contribution in [2.24, 2.45) is 0 Å². The number of anilines is 1. The Morgan fingerprint density at radius 2 is 1.69 bits per heavy atom. The summed E-state index contributed by atoms with van der Waals surface area (Å²) in [7, 11) is -2.64. The van der Waals surface area contributed by atoms with Gasteiger partial charge in [-0.2, -0.15) is 4.31 Å². The molecule has 0 bridgehead atoms. The molecule has 2 aromatic carbocycles. The number of benzene rings is 2. The number of rotatable bonds is 6. The summed E-state index contributed by atoms with van der Waals surface area (Å²) in [6.45, 7) is 5.38. The van der Waals surface area contributed by atoms with Crippen LogP contribution in [0.1, 0.15) is 27.0 Å². The molecule has 7 heteroatoms. The van der Waals surface area contributed by atoms with E-state index in [1.165, 1.54) is 25.2 Å². The Labute approximate surface area is 153 Å². The maximum atomic E-state index is 12.7. The van der Waals surface area contributed by atoms with Crippen LogP contribution in [0.15, 0.2) is 41.3 Å². The van der Waals surface area contributed by atoms with Crippen LogP contribution in [0.2, 0.25) is 0 Å². The van der Waals surface area contributed by atoms with Crippen LogP contribution in [0.25, 0.3) is 0 Å². The zero-order valence-corrected chi connectivity index (χ0v) is 16.1. The number of carbonyl (C=O) groups excluding carboxylic acids is 2. The third-order valence-electron chi connectivity index (χ3n) is 4.04. The normalized spacial score (nSPS) is 11.4. The van der Waals surface area contributed by atoms with Gasteiger partial charge in [0.1, 0.15) is 0 Å². The van der Waals surface area contributed by atoms with E-state index in [1.807, 2.05) is 32.9 Å². The molecule has 0 heterocycles. The van der Waals surface area contributed by atoms with Gasteiger partial charge in [0, 0.05) is 18.3 Å². The zero-order chi connectivity index (χ0) is 19.5. The number of likely N-dealkylation sites (N-methyl/N-ethyl adjacent to an activating group) is 1. The summed E-state index contributed by atoms with van der Waals surface area (Å²) in [6.07, 6.45) is 0.486. The highest BCUT2D eigenvalue weighted by atomic mass is 32.2. The van der Waals surface area contributed by atoms with Crippen molar-refractivity contribution in [3.05, 3.63) is 58.7 Å². The van der Waals surface area contributed by atoms with Gasteiger partial charge in [-0.05, 0) is 38.0 Å². The highest BCUT2D eigenvalue weighted by molar-refractivity contribution is 7.89. The molecule has 0 fully saturated rings. The minimum absolute atomic E-state index is 0.0602. The molecule has 26 heavy (non-hydrogen) atoms. The third-order valence-corrected chi connectivity index (χ3v) is 5.92. The maximum absolute atomic E-state index is 12.7. The number of aryl methyl sites for hydroxylation is 3. The maximum Gasteiger partial charge on any atom is 0.244 e. The van der Waals surface area contributed by atoms with Crippen molar-refractivity contribution in [2.75, 3.05) is 18.9 Å². The van der Waals surface area contributed by atoms with E-state index >= 15 is 0 Å². The summed E-state index contributed by atoms with van der Waals surface area (Å²) in [4.78, 5) is 23.3. The molecular formula is C19H22N2O4S. The summed E-state index contributed by atoms with van der Waals surface area (Å²) in [5.41, 5.74) is 3.65. The van der Waals surface area contributed by atoms with Crippen LogP contribution in [0, 0.1) is 20.8 Å². The molecule has 0 unspecified atom stereocenters. The molecule has 0 spiro atoms. The monoisotopic (exact) mass is 374 g/mol. The van der Waals surface area contributed by atoms with Gasteiger partial charge in [-0.25, -0.2) is 8.42 Å². The molecule has 1 amide bonds. The largest absolute Gasteiger partial charge is 0.324 e. The van der Waals surface area contributed by atoms with Gasteiger partial charge < -0.3 is 5.32 Å². The van der Waals surface area contributed by atoms with E-state index < -0.39 is 15.9 Å². The Bertz CT molecular complexity index is 929. The molecule has 0 aliphatic carbocycles. The minimum Gasteiger partial charge on any atom is -0.324 e. The summed E-state index contributed by atoms with van der Waals surface area (Å²) >= 11 is 0. The van der Waals surface area contributed by atoms with Gasteiger partial charge in [0.2, 0.25) is 15.9 Å². The Kier molecular flexibility index (Phi) is 5.94. The first kappa shape index (κ1) is 19.8. The average molecular weight is 374 g/mol. The Morgan fingerprint density at radius 1 is 1.12 bits per heavy atom. The lowest BCUT2D eigenvalue weighted by atomic mass is 10.1. The van der Waals surface area contributed by atoms with Crippen LogP contribution >= 0.6 is 0 Å². The van der Waals surface area contributed by atoms with Crippen molar-refractivity contribution >= 4 is 27.9 Å². The van der Waals surface area contributed by atoms with Crippen LogP contribution in [0.5, 0.6) is 0 Å². The lowest BCUT2D eigenvalue weighted by Crippen LogP contribution is -2.35. The van der Waals surface area contributed by atoms with Crippen molar-refractivity contribution in [2.45, 2.75) is 25.7 Å². The average Bonchev–Trinajstić information content (AvgIpc) is 2.57. The number of hydrogen-bond acceptors (Lipinski definition) is 4. The van der Waals surface area contributed by atoms with Crippen molar-refractivity contribution in [3.8, 4) is 0 Å². The number of hydrogen-bond donors (Lipinski definition) is 1. The lowest BCUT2D eigenvalue weighted by Gasteiger charge is -2.19. The summed E-state index contributed by atoms with van der Waals surface area (Å²) in [5.74, 6) is -0.449. The van der Waals surface area contributed by atoms with E-state index in [2.05, 4.69) is 5.32 Å². The summed E-state index contributed by atoms with van der Waals surface area (Å²) in [5, 5.41) is 2.77. The van der Waals surface area contributed by atoms with Gasteiger partial charge in [0.15, 0.2) is 6.29 Å². The second-order valence-corrected chi connectivity index (χ2v) is 8.25.